The zero-order valence-corrected chi connectivity index (χ0v) is 25.2. The molecule has 6 aromatic carbocycles. The van der Waals surface area contributed by atoms with Crippen LogP contribution in [0.15, 0.2) is 133 Å². The first kappa shape index (κ1) is 25.8. The van der Waals surface area contributed by atoms with E-state index in [0.717, 1.165) is 11.4 Å². The Bertz CT molecular complexity index is 2040. The van der Waals surface area contributed by atoms with Gasteiger partial charge in [0.25, 0.3) is 0 Å². The Morgan fingerprint density at radius 1 is 0.372 bits per heavy atom. The zero-order chi connectivity index (χ0) is 29.3. The Morgan fingerprint density at radius 2 is 0.860 bits per heavy atom. The molecule has 0 aromatic heterocycles. The monoisotopic (exact) mass is 553 g/mol. The second-order valence-electron chi connectivity index (χ2n) is 13.1. The van der Waals surface area contributed by atoms with Gasteiger partial charge in [-0.2, -0.15) is 0 Å². The van der Waals surface area contributed by atoms with E-state index in [9.17, 15) is 0 Å². The smallest absolute Gasteiger partial charge is 0.0463 e. The SMILES string of the molecule is CC1(C)c2ccccc2-c2ccc(-c3ccc4c(c3)C(C)(C)c3cc(Nc5ccccc5-c5ccccc5)ccc3-4)cc21. The molecular weight excluding hydrogens is 518 g/mol. The van der Waals surface area contributed by atoms with Crippen LogP contribution in [0.25, 0.3) is 44.5 Å². The molecule has 0 amide bonds. The van der Waals surface area contributed by atoms with Crippen molar-refractivity contribution >= 4 is 11.4 Å². The number of fused-ring (bicyclic) bond motifs is 6. The van der Waals surface area contributed by atoms with Gasteiger partial charge in [0.15, 0.2) is 0 Å². The van der Waals surface area contributed by atoms with Crippen molar-refractivity contribution in [3.63, 3.8) is 0 Å². The molecule has 2 aliphatic carbocycles. The second kappa shape index (κ2) is 9.31. The van der Waals surface area contributed by atoms with Crippen molar-refractivity contribution < 1.29 is 0 Å². The summed E-state index contributed by atoms with van der Waals surface area (Å²) >= 11 is 0. The Balaban J connectivity index is 1.15. The van der Waals surface area contributed by atoms with Crippen molar-refractivity contribution in [3.05, 3.63) is 156 Å². The van der Waals surface area contributed by atoms with E-state index in [1.807, 2.05) is 0 Å². The molecule has 0 saturated heterocycles. The Kier molecular flexibility index (Phi) is 5.59. The first-order valence-electron chi connectivity index (χ1n) is 15.3. The minimum atomic E-state index is -0.108. The third-order valence-corrected chi connectivity index (χ3v) is 9.88. The topological polar surface area (TPSA) is 12.0 Å². The maximum atomic E-state index is 3.74. The van der Waals surface area contributed by atoms with Crippen LogP contribution in [0.4, 0.5) is 11.4 Å². The first-order valence-corrected chi connectivity index (χ1v) is 15.3. The van der Waals surface area contributed by atoms with E-state index in [1.165, 1.54) is 66.8 Å². The molecule has 8 rings (SSSR count). The van der Waals surface area contributed by atoms with Gasteiger partial charge in [-0.05, 0) is 91.5 Å². The van der Waals surface area contributed by atoms with E-state index < -0.39 is 0 Å². The lowest BCUT2D eigenvalue weighted by Gasteiger charge is -2.24. The van der Waals surface area contributed by atoms with Crippen molar-refractivity contribution in [2.24, 2.45) is 0 Å². The van der Waals surface area contributed by atoms with Gasteiger partial charge < -0.3 is 5.32 Å². The lowest BCUT2D eigenvalue weighted by atomic mass is 9.80. The van der Waals surface area contributed by atoms with Gasteiger partial charge in [-0.1, -0.05) is 131 Å². The first-order chi connectivity index (χ1) is 20.8. The Labute approximate surface area is 254 Å². The second-order valence-corrected chi connectivity index (χ2v) is 13.1. The highest BCUT2D eigenvalue weighted by Crippen LogP contribution is 2.52. The summed E-state index contributed by atoms with van der Waals surface area (Å²) in [5.74, 6) is 0. The summed E-state index contributed by atoms with van der Waals surface area (Å²) in [6.07, 6.45) is 0. The number of hydrogen-bond acceptors (Lipinski definition) is 1. The number of hydrogen-bond donors (Lipinski definition) is 1. The summed E-state index contributed by atoms with van der Waals surface area (Å²) in [4.78, 5) is 0. The number of nitrogens with one attached hydrogen (secondary N) is 1. The summed E-state index contributed by atoms with van der Waals surface area (Å²) in [5, 5.41) is 3.74. The molecule has 1 heteroatoms. The average molecular weight is 554 g/mol. The predicted octanol–water partition coefficient (Wildman–Crippen LogP) is 11.4. The van der Waals surface area contributed by atoms with Crippen molar-refractivity contribution in [2.45, 2.75) is 38.5 Å². The van der Waals surface area contributed by atoms with Crippen molar-refractivity contribution in [2.75, 3.05) is 5.32 Å². The average Bonchev–Trinajstić information content (AvgIpc) is 3.40. The quantitative estimate of drug-likeness (QED) is 0.229. The van der Waals surface area contributed by atoms with Crippen LogP contribution in [0.2, 0.25) is 0 Å². The predicted molar refractivity (Wildman–Crippen MR) is 182 cm³/mol. The summed E-state index contributed by atoms with van der Waals surface area (Å²) < 4.78 is 0. The molecule has 1 N–H and O–H groups in total. The van der Waals surface area contributed by atoms with Crippen LogP contribution in [0.3, 0.4) is 0 Å². The zero-order valence-electron chi connectivity index (χ0n) is 25.2. The molecule has 0 radical (unpaired) electrons. The molecule has 0 unspecified atom stereocenters. The van der Waals surface area contributed by atoms with E-state index in [1.54, 1.807) is 0 Å². The van der Waals surface area contributed by atoms with Crippen LogP contribution < -0.4 is 5.32 Å². The third-order valence-electron chi connectivity index (χ3n) is 9.88. The number of rotatable bonds is 4. The van der Waals surface area contributed by atoms with Gasteiger partial charge in [-0.25, -0.2) is 0 Å². The van der Waals surface area contributed by atoms with E-state index >= 15 is 0 Å². The van der Waals surface area contributed by atoms with Crippen LogP contribution >= 0.6 is 0 Å². The van der Waals surface area contributed by atoms with Gasteiger partial charge in [0.2, 0.25) is 0 Å². The molecule has 0 aliphatic heterocycles. The highest BCUT2D eigenvalue weighted by atomic mass is 14.9. The highest BCUT2D eigenvalue weighted by Gasteiger charge is 2.37. The highest BCUT2D eigenvalue weighted by molar-refractivity contribution is 5.88. The molecule has 0 bridgehead atoms. The summed E-state index contributed by atoms with van der Waals surface area (Å²) in [5.41, 5.74) is 18.1. The van der Waals surface area contributed by atoms with E-state index in [4.69, 9.17) is 0 Å². The molecule has 0 heterocycles. The molecule has 0 saturated carbocycles. The van der Waals surface area contributed by atoms with Crippen molar-refractivity contribution in [1.82, 2.24) is 0 Å². The molecule has 0 spiro atoms. The number of para-hydroxylation sites is 1. The van der Waals surface area contributed by atoms with E-state index in [0.29, 0.717) is 0 Å². The fourth-order valence-corrected chi connectivity index (χ4v) is 7.50. The molecule has 1 nitrogen and oxygen atoms in total. The lowest BCUT2D eigenvalue weighted by Crippen LogP contribution is -2.15. The molecule has 6 aromatic rings. The Morgan fingerprint density at radius 3 is 1.53 bits per heavy atom. The fraction of sp³-hybridized carbons (Fsp3) is 0.143. The van der Waals surface area contributed by atoms with Gasteiger partial charge in [0.05, 0.1) is 0 Å². The molecule has 208 valence electrons. The van der Waals surface area contributed by atoms with Crippen LogP contribution in [-0.2, 0) is 10.8 Å². The van der Waals surface area contributed by atoms with Crippen LogP contribution in [0.1, 0.15) is 49.9 Å². The molecule has 2 aliphatic rings. The van der Waals surface area contributed by atoms with Gasteiger partial charge in [0.1, 0.15) is 0 Å². The Hall–Kier alpha value is -4.88. The number of anilines is 2. The summed E-state index contributed by atoms with van der Waals surface area (Å²) in [6.45, 7) is 9.44. The standard InChI is InChI=1S/C42H35N/c1-41(2)36-16-10-8-15-32(36)33-21-18-28(24-37(33)41)29-19-22-34-35-23-20-30(26-39(35)42(3,4)38(34)25-29)43-40-17-11-9-14-31(40)27-12-6-5-7-13-27/h5-26,43H,1-4H3. The molecule has 0 atom stereocenters. The van der Waals surface area contributed by atoms with Gasteiger partial charge >= 0.3 is 0 Å². The van der Waals surface area contributed by atoms with E-state index in [2.05, 4.69) is 166 Å². The summed E-state index contributed by atoms with van der Waals surface area (Å²) in [6, 6.07) is 49.0. The molecule has 0 fully saturated rings. The van der Waals surface area contributed by atoms with Crippen LogP contribution in [0, 0.1) is 0 Å². The third kappa shape index (κ3) is 3.92. The maximum absolute atomic E-state index is 3.74. The number of benzene rings is 6. The molecule has 43 heavy (non-hydrogen) atoms. The molecular formula is C42H35N. The van der Waals surface area contributed by atoms with Crippen LogP contribution in [-0.4, -0.2) is 0 Å². The van der Waals surface area contributed by atoms with Crippen molar-refractivity contribution in [1.29, 1.82) is 0 Å². The van der Waals surface area contributed by atoms with Gasteiger partial charge in [-0.3, -0.25) is 0 Å². The van der Waals surface area contributed by atoms with E-state index in [-0.39, 0.29) is 10.8 Å². The van der Waals surface area contributed by atoms with Crippen LogP contribution in [0.5, 0.6) is 0 Å². The van der Waals surface area contributed by atoms with Gasteiger partial charge in [-0.15, -0.1) is 0 Å². The van der Waals surface area contributed by atoms with Gasteiger partial charge in [0, 0.05) is 27.8 Å². The normalized spacial score (nSPS) is 14.9. The minimum Gasteiger partial charge on any atom is -0.355 e. The largest absolute Gasteiger partial charge is 0.355 e. The maximum Gasteiger partial charge on any atom is 0.0463 e. The lowest BCUT2D eigenvalue weighted by molar-refractivity contribution is 0.659. The van der Waals surface area contributed by atoms with Crippen molar-refractivity contribution in [3.8, 4) is 44.5 Å². The fourth-order valence-electron chi connectivity index (χ4n) is 7.50. The summed E-state index contributed by atoms with van der Waals surface area (Å²) in [7, 11) is 0. The minimum absolute atomic E-state index is 0.00327.